The topological polar surface area (TPSA) is 37.4 Å². The van der Waals surface area contributed by atoms with E-state index < -0.39 is 11.8 Å². The molecule has 1 heterocycles. The molecule has 3 nitrogen and oxygen atoms in total. The molecule has 0 radical (unpaired) electrons. The van der Waals surface area contributed by atoms with E-state index in [1.807, 2.05) is 24.3 Å². The first-order valence-corrected chi connectivity index (χ1v) is 10.3. The van der Waals surface area contributed by atoms with Crippen LogP contribution in [0.4, 0.5) is 5.69 Å². The lowest BCUT2D eigenvalue weighted by Crippen LogP contribution is -2.41. The number of benzene rings is 3. The van der Waals surface area contributed by atoms with Crippen LogP contribution in [-0.2, 0) is 9.59 Å². The highest BCUT2D eigenvalue weighted by Gasteiger charge is 2.61. The van der Waals surface area contributed by atoms with Crippen molar-refractivity contribution < 1.29 is 9.59 Å². The summed E-state index contributed by atoms with van der Waals surface area (Å²) >= 11 is 12.2. The summed E-state index contributed by atoms with van der Waals surface area (Å²) in [5.74, 6) is -1.32. The third kappa shape index (κ3) is 2.15. The Hall–Kier alpha value is -2.62. The molecule has 3 aromatic carbocycles. The van der Waals surface area contributed by atoms with E-state index >= 15 is 0 Å². The Kier molecular flexibility index (Phi) is 3.54. The lowest BCUT2D eigenvalue weighted by Gasteiger charge is -2.45. The van der Waals surface area contributed by atoms with Crippen molar-refractivity contribution in [3.05, 3.63) is 99.0 Å². The molecule has 3 aromatic rings. The standard InChI is InChI=1S/C24H15Cl2NO2/c25-17-10-9-12(11-18(17)26)27-23(28)21-19-13-5-1-2-6-14(13)20(22(21)24(27)29)16-8-4-3-7-15(16)19/h1-11,19-22H/t19?,20?,21-,22-/m0/s1. The van der Waals surface area contributed by atoms with E-state index in [-0.39, 0.29) is 23.7 Å². The molecule has 2 amide bonds. The molecular formula is C24H15Cl2NO2. The maximum absolute atomic E-state index is 13.6. The fourth-order valence-electron chi connectivity index (χ4n) is 5.56. The minimum Gasteiger partial charge on any atom is -0.274 e. The van der Waals surface area contributed by atoms with Crippen molar-refractivity contribution in [1.29, 1.82) is 0 Å². The van der Waals surface area contributed by atoms with Crippen LogP contribution in [0, 0.1) is 11.8 Å². The van der Waals surface area contributed by atoms with Crippen LogP contribution in [0.5, 0.6) is 0 Å². The van der Waals surface area contributed by atoms with Gasteiger partial charge in [0.25, 0.3) is 0 Å². The second-order valence-electron chi connectivity index (χ2n) is 7.88. The Balaban J connectivity index is 1.56. The van der Waals surface area contributed by atoms with Gasteiger partial charge < -0.3 is 0 Å². The quantitative estimate of drug-likeness (QED) is 0.495. The molecule has 2 atom stereocenters. The number of imide groups is 1. The van der Waals surface area contributed by atoms with Gasteiger partial charge in [-0.25, -0.2) is 4.90 Å². The van der Waals surface area contributed by atoms with Gasteiger partial charge in [-0.3, -0.25) is 9.59 Å². The molecule has 5 heteroatoms. The van der Waals surface area contributed by atoms with Gasteiger partial charge in [-0.05, 0) is 40.5 Å². The predicted molar refractivity (Wildman–Crippen MR) is 113 cm³/mol. The summed E-state index contributed by atoms with van der Waals surface area (Å²) in [6.45, 7) is 0. The molecule has 1 aliphatic heterocycles. The zero-order valence-electron chi connectivity index (χ0n) is 15.2. The van der Waals surface area contributed by atoms with Crippen molar-refractivity contribution in [2.75, 3.05) is 4.90 Å². The first-order chi connectivity index (χ1) is 14.1. The number of anilines is 1. The van der Waals surface area contributed by atoms with E-state index in [4.69, 9.17) is 23.2 Å². The molecule has 0 N–H and O–H groups in total. The Labute approximate surface area is 177 Å². The molecule has 29 heavy (non-hydrogen) atoms. The van der Waals surface area contributed by atoms with E-state index in [0.717, 1.165) is 22.3 Å². The van der Waals surface area contributed by atoms with E-state index in [1.165, 1.54) is 4.90 Å². The molecule has 0 spiro atoms. The molecule has 0 saturated carbocycles. The number of carbonyl (C=O) groups excluding carboxylic acids is 2. The van der Waals surface area contributed by atoms with Gasteiger partial charge in [0.1, 0.15) is 0 Å². The van der Waals surface area contributed by atoms with Gasteiger partial charge in [0.15, 0.2) is 0 Å². The van der Waals surface area contributed by atoms with E-state index in [1.54, 1.807) is 18.2 Å². The van der Waals surface area contributed by atoms with Crippen molar-refractivity contribution >= 4 is 40.7 Å². The minimum atomic E-state index is -0.397. The molecule has 3 aliphatic carbocycles. The van der Waals surface area contributed by atoms with Gasteiger partial charge in [-0.1, -0.05) is 71.7 Å². The van der Waals surface area contributed by atoms with Crippen LogP contribution >= 0.6 is 23.2 Å². The molecule has 2 bridgehead atoms. The maximum atomic E-state index is 13.6. The van der Waals surface area contributed by atoms with Crippen LogP contribution < -0.4 is 4.90 Å². The number of amides is 2. The zero-order chi connectivity index (χ0) is 19.9. The number of halogens is 2. The highest BCUT2D eigenvalue weighted by Crippen LogP contribution is 2.61. The Morgan fingerprint density at radius 2 is 1.07 bits per heavy atom. The first kappa shape index (κ1) is 17.3. The van der Waals surface area contributed by atoms with Crippen LogP contribution in [0.2, 0.25) is 10.0 Å². The van der Waals surface area contributed by atoms with Crippen molar-refractivity contribution in [1.82, 2.24) is 0 Å². The predicted octanol–water partition coefficient (Wildman–Crippen LogP) is 5.39. The summed E-state index contributed by atoms with van der Waals surface area (Å²) in [4.78, 5) is 28.5. The molecule has 142 valence electrons. The lowest BCUT2D eigenvalue weighted by atomic mass is 9.55. The van der Waals surface area contributed by atoms with E-state index in [0.29, 0.717) is 15.7 Å². The number of hydrogen-bond acceptors (Lipinski definition) is 2. The average Bonchev–Trinajstić information content (AvgIpc) is 3.01. The van der Waals surface area contributed by atoms with Gasteiger partial charge in [0.2, 0.25) is 11.8 Å². The monoisotopic (exact) mass is 419 g/mol. The minimum absolute atomic E-state index is 0.110. The summed E-state index contributed by atoms with van der Waals surface area (Å²) < 4.78 is 0. The number of rotatable bonds is 1. The van der Waals surface area contributed by atoms with Crippen LogP contribution in [0.15, 0.2) is 66.7 Å². The third-order valence-electron chi connectivity index (χ3n) is 6.61. The molecule has 1 saturated heterocycles. The third-order valence-corrected chi connectivity index (χ3v) is 7.35. The van der Waals surface area contributed by atoms with Crippen LogP contribution in [0.1, 0.15) is 34.1 Å². The van der Waals surface area contributed by atoms with Crippen LogP contribution in [0.25, 0.3) is 0 Å². The normalized spacial score (nSPS) is 26.3. The summed E-state index contributed by atoms with van der Waals surface area (Å²) in [5.41, 5.74) is 5.13. The number of hydrogen-bond donors (Lipinski definition) is 0. The van der Waals surface area contributed by atoms with Crippen molar-refractivity contribution in [2.45, 2.75) is 11.8 Å². The number of nitrogens with zero attached hydrogens (tertiary/aromatic N) is 1. The number of carbonyl (C=O) groups is 2. The van der Waals surface area contributed by atoms with Crippen LogP contribution in [0.3, 0.4) is 0 Å². The maximum Gasteiger partial charge on any atom is 0.238 e. The van der Waals surface area contributed by atoms with Gasteiger partial charge in [0.05, 0.1) is 27.6 Å². The SMILES string of the molecule is O=C1[C@H]2C3c4ccccc4C(c4ccccc43)[C@@H]2C(=O)N1c1ccc(Cl)c(Cl)c1. The Morgan fingerprint density at radius 1 is 0.621 bits per heavy atom. The first-order valence-electron chi connectivity index (χ1n) is 9.58. The van der Waals surface area contributed by atoms with Gasteiger partial charge >= 0.3 is 0 Å². The molecule has 0 aromatic heterocycles. The summed E-state index contributed by atoms with van der Waals surface area (Å²) in [6.07, 6.45) is 0. The fraction of sp³-hybridized carbons (Fsp3) is 0.167. The smallest absolute Gasteiger partial charge is 0.238 e. The molecule has 4 aliphatic rings. The highest BCUT2D eigenvalue weighted by molar-refractivity contribution is 6.42. The lowest BCUT2D eigenvalue weighted by molar-refractivity contribution is -0.122. The van der Waals surface area contributed by atoms with Crippen molar-refractivity contribution in [3.8, 4) is 0 Å². The van der Waals surface area contributed by atoms with Gasteiger partial charge in [0, 0.05) is 11.8 Å². The molecular weight excluding hydrogens is 405 g/mol. The fourth-order valence-corrected chi connectivity index (χ4v) is 5.85. The summed E-state index contributed by atoms with van der Waals surface area (Å²) in [5, 5.41) is 0.723. The molecule has 7 rings (SSSR count). The highest BCUT2D eigenvalue weighted by atomic mass is 35.5. The Morgan fingerprint density at radius 3 is 1.48 bits per heavy atom. The summed E-state index contributed by atoms with van der Waals surface area (Å²) in [7, 11) is 0. The molecule has 1 fully saturated rings. The van der Waals surface area contributed by atoms with Crippen molar-refractivity contribution in [2.24, 2.45) is 11.8 Å². The largest absolute Gasteiger partial charge is 0.274 e. The van der Waals surface area contributed by atoms with Crippen molar-refractivity contribution in [3.63, 3.8) is 0 Å². The van der Waals surface area contributed by atoms with Gasteiger partial charge in [-0.15, -0.1) is 0 Å². The van der Waals surface area contributed by atoms with Crippen LogP contribution in [-0.4, -0.2) is 11.8 Å². The van der Waals surface area contributed by atoms with Gasteiger partial charge in [-0.2, -0.15) is 0 Å². The van der Waals surface area contributed by atoms with E-state index in [9.17, 15) is 9.59 Å². The average molecular weight is 420 g/mol. The molecule has 0 unspecified atom stereocenters. The summed E-state index contributed by atoms with van der Waals surface area (Å²) in [6, 6.07) is 21.3. The van der Waals surface area contributed by atoms with E-state index in [2.05, 4.69) is 24.3 Å². The zero-order valence-corrected chi connectivity index (χ0v) is 16.7. The second kappa shape index (κ2) is 5.94. The Bertz CT molecular complexity index is 1110. The second-order valence-corrected chi connectivity index (χ2v) is 8.69.